The molecule has 2 aliphatic heterocycles. The van der Waals surface area contributed by atoms with Gasteiger partial charge in [-0.25, -0.2) is 14.6 Å². The minimum absolute atomic E-state index is 0.0232. The molecule has 0 aromatic carbocycles. The van der Waals surface area contributed by atoms with Crippen LogP contribution in [0.4, 0.5) is 9.93 Å². The zero-order chi connectivity index (χ0) is 25.7. The van der Waals surface area contributed by atoms with Crippen molar-refractivity contribution in [1.82, 2.24) is 15.2 Å². The summed E-state index contributed by atoms with van der Waals surface area (Å²) in [5.41, 5.74) is 5.72. The Bertz CT molecular complexity index is 1110. The van der Waals surface area contributed by atoms with E-state index < -0.39 is 47.4 Å². The van der Waals surface area contributed by atoms with Gasteiger partial charge < -0.3 is 30.5 Å². The van der Waals surface area contributed by atoms with Gasteiger partial charge in [-0.3, -0.25) is 14.5 Å². The highest BCUT2D eigenvalue weighted by Gasteiger charge is 2.54. The van der Waals surface area contributed by atoms with Gasteiger partial charge in [0.15, 0.2) is 10.8 Å². The first kappa shape index (κ1) is 26.0. The molecule has 1 saturated heterocycles. The van der Waals surface area contributed by atoms with Crippen molar-refractivity contribution in [2.45, 2.75) is 38.5 Å². The molecule has 0 aliphatic carbocycles. The van der Waals surface area contributed by atoms with E-state index in [0.29, 0.717) is 11.3 Å². The molecule has 2 unspecified atom stereocenters. The highest BCUT2D eigenvalue weighted by atomic mass is 32.2. The lowest BCUT2D eigenvalue weighted by atomic mass is 10.0. The number of nitrogens with two attached hydrogens (primary N) is 1. The number of allylic oxidation sites excluding steroid dienone is 2. The number of fused-ring (bicyclic) bond motifs is 1. The topological polar surface area (TPSA) is 183 Å². The van der Waals surface area contributed by atoms with E-state index in [0.717, 1.165) is 11.3 Å². The lowest BCUT2D eigenvalue weighted by molar-refractivity contribution is -0.168. The number of β-lactam (4-membered cyclic amide) rings is 1. The van der Waals surface area contributed by atoms with E-state index in [4.69, 9.17) is 15.2 Å². The summed E-state index contributed by atoms with van der Waals surface area (Å²) < 4.78 is 14.7. The number of esters is 1. The first-order valence-corrected chi connectivity index (χ1v) is 12.2. The van der Waals surface area contributed by atoms with Crippen molar-refractivity contribution in [2.75, 3.05) is 18.1 Å². The minimum Gasteiger partial charge on any atom is -0.435 e. The number of oxime groups is 1. The van der Waals surface area contributed by atoms with Gasteiger partial charge >= 0.3 is 12.1 Å². The zero-order valence-electron chi connectivity index (χ0n) is 18.9. The normalized spacial score (nSPS) is 20.7. The van der Waals surface area contributed by atoms with Crippen molar-refractivity contribution in [1.29, 1.82) is 0 Å². The Hall–Kier alpha value is -3.59. The molecule has 15 heteroatoms. The lowest BCUT2D eigenvalue weighted by Crippen LogP contribution is -2.71. The van der Waals surface area contributed by atoms with E-state index in [1.165, 1.54) is 29.0 Å². The van der Waals surface area contributed by atoms with Gasteiger partial charge in [-0.15, -0.1) is 23.1 Å². The summed E-state index contributed by atoms with van der Waals surface area (Å²) in [6.07, 6.45) is 1.10. The SMILES string of the molecule is C/C=C\C1=C(C(=O)OC(C)OC(=O)OCC)N2C(=O)C(NC(=O)/C(=N\O)c3csc(N)n3)[C@@H]2SC1. The Morgan fingerprint density at radius 1 is 1.43 bits per heavy atom. The molecule has 4 N–H and O–H groups in total. The lowest BCUT2D eigenvalue weighted by Gasteiger charge is -2.49. The van der Waals surface area contributed by atoms with Crippen LogP contribution < -0.4 is 11.1 Å². The first-order valence-electron chi connectivity index (χ1n) is 10.3. The molecule has 1 aromatic heterocycles. The van der Waals surface area contributed by atoms with Crippen LogP contribution in [0.1, 0.15) is 26.5 Å². The molecular formula is C20H23N5O8S2. The predicted molar refractivity (Wildman–Crippen MR) is 125 cm³/mol. The second-order valence-corrected chi connectivity index (χ2v) is 9.02. The fourth-order valence-corrected chi connectivity index (χ4v) is 5.16. The van der Waals surface area contributed by atoms with Crippen LogP contribution in [0.2, 0.25) is 0 Å². The molecule has 1 fully saturated rings. The highest BCUT2D eigenvalue weighted by molar-refractivity contribution is 8.00. The van der Waals surface area contributed by atoms with E-state index in [1.54, 1.807) is 26.0 Å². The van der Waals surface area contributed by atoms with Gasteiger partial charge in [-0.2, -0.15) is 0 Å². The van der Waals surface area contributed by atoms with Crippen LogP contribution in [-0.4, -0.2) is 74.8 Å². The van der Waals surface area contributed by atoms with E-state index in [9.17, 15) is 24.4 Å². The number of thioether (sulfide) groups is 1. The number of carbonyl (C=O) groups excluding carboxylic acids is 4. The summed E-state index contributed by atoms with van der Waals surface area (Å²) in [6.45, 7) is 4.77. The summed E-state index contributed by atoms with van der Waals surface area (Å²) in [5.74, 6) is -1.95. The number of nitrogen functional groups attached to an aromatic ring is 1. The minimum atomic E-state index is -1.27. The zero-order valence-corrected chi connectivity index (χ0v) is 20.6. The number of nitrogens with one attached hydrogen (secondary N) is 1. The number of carbonyl (C=O) groups is 4. The number of thiazole rings is 1. The molecule has 3 rings (SSSR count). The van der Waals surface area contributed by atoms with Crippen molar-refractivity contribution in [3.63, 3.8) is 0 Å². The van der Waals surface area contributed by atoms with Gasteiger partial charge in [0.05, 0.1) is 6.61 Å². The third-order valence-electron chi connectivity index (χ3n) is 4.72. The van der Waals surface area contributed by atoms with Crippen molar-refractivity contribution in [3.8, 4) is 0 Å². The quantitative estimate of drug-likeness (QED) is 0.111. The maximum Gasteiger partial charge on any atom is 0.511 e. The number of rotatable bonds is 8. The van der Waals surface area contributed by atoms with Crippen LogP contribution in [-0.2, 0) is 28.6 Å². The van der Waals surface area contributed by atoms with E-state index in [-0.39, 0.29) is 23.1 Å². The molecule has 13 nitrogen and oxygen atoms in total. The Labute approximate surface area is 208 Å². The summed E-state index contributed by atoms with van der Waals surface area (Å²) in [6, 6.07) is -0.997. The average molecular weight is 526 g/mol. The van der Waals surface area contributed by atoms with Crippen molar-refractivity contribution >= 4 is 57.9 Å². The summed E-state index contributed by atoms with van der Waals surface area (Å²) >= 11 is 2.38. The molecule has 0 saturated carbocycles. The smallest absolute Gasteiger partial charge is 0.435 e. The van der Waals surface area contributed by atoms with E-state index >= 15 is 0 Å². The van der Waals surface area contributed by atoms with E-state index in [2.05, 4.69) is 20.2 Å². The number of hydrogen-bond acceptors (Lipinski definition) is 13. The summed E-state index contributed by atoms with van der Waals surface area (Å²) in [7, 11) is 0. The number of hydrogen-bond donors (Lipinski definition) is 3. The van der Waals surface area contributed by atoms with Crippen LogP contribution in [0.5, 0.6) is 0 Å². The Morgan fingerprint density at radius 3 is 2.77 bits per heavy atom. The number of ether oxygens (including phenoxy) is 3. The molecule has 0 bridgehead atoms. The van der Waals surface area contributed by atoms with Gasteiger partial charge in [0.25, 0.3) is 11.8 Å². The predicted octanol–water partition coefficient (Wildman–Crippen LogP) is 1.20. The van der Waals surface area contributed by atoms with Crippen molar-refractivity contribution in [2.24, 2.45) is 5.16 Å². The van der Waals surface area contributed by atoms with Crippen molar-refractivity contribution in [3.05, 3.63) is 34.5 Å². The Morgan fingerprint density at radius 2 is 2.17 bits per heavy atom. The van der Waals surface area contributed by atoms with E-state index in [1.807, 2.05) is 0 Å². The number of aromatic nitrogens is 1. The average Bonchev–Trinajstić information content (AvgIpc) is 3.23. The molecule has 1 aromatic rings. The molecule has 188 valence electrons. The van der Waals surface area contributed by atoms with Gasteiger partial charge in [-0.05, 0) is 19.4 Å². The van der Waals surface area contributed by atoms with Gasteiger partial charge in [0.1, 0.15) is 22.8 Å². The highest BCUT2D eigenvalue weighted by Crippen LogP contribution is 2.41. The Kier molecular flexibility index (Phi) is 8.34. The maximum atomic E-state index is 13.0. The Balaban J connectivity index is 1.75. The molecule has 2 amide bonds. The molecule has 3 heterocycles. The maximum absolute atomic E-state index is 13.0. The number of nitrogens with zero attached hydrogens (tertiary/aromatic N) is 3. The second-order valence-electron chi connectivity index (χ2n) is 7.03. The number of amides is 2. The van der Waals surface area contributed by atoms with Crippen LogP contribution in [0.25, 0.3) is 0 Å². The number of anilines is 1. The molecule has 0 radical (unpaired) electrons. The third kappa shape index (κ3) is 5.57. The largest absolute Gasteiger partial charge is 0.511 e. The van der Waals surface area contributed by atoms with Crippen LogP contribution in [0, 0.1) is 0 Å². The molecule has 0 spiro atoms. The van der Waals surface area contributed by atoms with Crippen LogP contribution in [0.3, 0.4) is 0 Å². The van der Waals surface area contributed by atoms with Crippen LogP contribution >= 0.6 is 23.1 Å². The molecule has 3 atom stereocenters. The second kappa shape index (κ2) is 11.2. The summed E-state index contributed by atoms with van der Waals surface area (Å²) in [4.78, 5) is 55.2. The van der Waals surface area contributed by atoms with Gasteiger partial charge in [-0.1, -0.05) is 17.3 Å². The fraction of sp³-hybridized carbons (Fsp3) is 0.400. The first-order chi connectivity index (χ1) is 16.7. The fourth-order valence-electron chi connectivity index (χ4n) is 3.30. The molecular weight excluding hydrogens is 502 g/mol. The standard InChI is InChI=1S/C20H23N5O8S2/c1-4-6-10-7-34-17-13(23-15(26)12(24-30)11-8-35-19(21)22-11)16(27)25(17)14(10)18(28)32-9(3)33-20(29)31-5-2/h4,6,8-9,13,17,30H,5,7H2,1-3H3,(H2,21,22)(H,23,26)/b6-4-,24-12-/t9?,13?,17-/m0/s1. The molecule has 35 heavy (non-hydrogen) atoms. The van der Waals surface area contributed by atoms with Gasteiger partial charge in [0.2, 0.25) is 6.29 Å². The van der Waals surface area contributed by atoms with Crippen LogP contribution in [0.15, 0.2) is 34.0 Å². The van der Waals surface area contributed by atoms with Gasteiger partial charge in [0, 0.05) is 18.1 Å². The summed E-state index contributed by atoms with van der Waals surface area (Å²) in [5, 5.41) is 15.8. The monoisotopic (exact) mass is 525 g/mol. The third-order valence-corrected chi connectivity index (χ3v) is 6.70. The van der Waals surface area contributed by atoms with Crippen molar-refractivity contribution < 1.29 is 38.6 Å². The molecule has 2 aliphatic rings.